The highest BCUT2D eigenvalue weighted by atomic mass is 79.9. The SMILES string of the molecule is CCCN(CC#N)C(=O)CCCCc1ccc(Br)cc1. The second-order valence-corrected chi connectivity index (χ2v) is 5.72. The summed E-state index contributed by atoms with van der Waals surface area (Å²) in [5.74, 6) is 0.101. The van der Waals surface area contributed by atoms with Crippen molar-refractivity contribution in [2.24, 2.45) is 0 Å². The highest BCUT2D eigenvalue weighted by Crippen LogP contribution is 2.13. The summed E-state index contributed by atoms with van der Waals surface area (Å²) in [5.41, 5.74) is 1.29. The molecule has 0 aromatic heterocycles. The molecule has 0 heterocycles. The van der Waals surface area contributed by atoms with Gasteiger partial charge in [0.1, 0.15) is 6.54 Å². The van der Waals surface area contributed by atoms with Crippen molar-refractivity contribution in [2.45, 2.75) is 39.0 Å². The van der Waals surface area contributed by atoms with E-state index < -0.39 is 0 Å². The number of benzene rings is 1. The van der Waals surface area contributed by atoms with E-state index in [9.17, 15) is 4.79 Å². The number of halogens is 1. The minimum absolute atomic E-state index is 0.101. The monoisotopic (exact) mass is 336 g/mol. The van der Waals surface area contributed by atoms with Gasteiger partial charge in [0.05, 0.1) is 6.07 Å². The smallest absolute Gasteiger partial charge is 0.223 e. The Kier molecular flexibility index (Phi) is 7.98. The molecule has 0 saturated carbocycles. The van der Waals surface area contributed by atoms with Crippen LogP contribution in [-0.4, -0.2) is 23.9 Å². The third-order valence-electron chi connectivity index (χ3n) is 3.13. The van der Waals surface area contributed by atoms with Gasteiger partial charge in [-0.2, -0.15) is 5.26 Å². The van der Waals surface area contributed by atoms with Gasteiger partial charge in [-0.1, -0.05) is 35.0 Å². The van der Waals surface area contributed by atoms with Gasteiger partial charge in [0, 0.05) is 17.4 Å². The summed E-state index contributed by atoms with van der Waals surface area (Å²) in [7, 11) is 0. The van der Waals surface area contributed by atoms with E-state index in [1.807, 2.05) is 19.1 Å². The maximum atomic E-state index is 11.9. The molecule has 0 saturated heterocycles. The van der Waals surface area contributed by atoms with Gasteiger partial charge in [-0.25, -0.2) is 0 Å². The molecule has 20 heavy (non-hydrogen) atoms. The predicted molar refractivity (Wildman–Crippen MR) is 84.2 cm³/mol. The van der Waals surface area contributed by atoms with E-state index in [1.54, 1.807) is 4.90 Å². The first-order valence-corrected chi connectivity index (χ1v) is 7.85. The van der Waals surface area contributed by atoms with Gasteiger partial charge in [-0.15, -0.1) is 0 Å². The molecule has 0 aliphatic rings. The van der Waals surface area contributed by atoms with Crippen LogP contribution in [0.3, 0.4) is 0 Å². The van der Waals surface area contributed by atoms with Gasteiger partial charge >= 0.3 is 0 Å². The summed E-state index contributed by atoms with van der Waals surface area (Å²) in [6, 6.07) is 10.3. The zero-order valence-electron chi connectivity index (χ0n) is 11.9. The largest absolute Gasteiger partial charge is 0.329 e. The molecular formula is C16H21BrN2O. The molecule has 0 aliphatic carbocycles. The minimum Gasteiger partial charge on any atom is -0.329 e. The summed E-state index contributed by atoms with van der Waals surface area (Å²) in [4.78, 5) is 13.6. The highest BCUT2D eigenvalue weighted by Gasteiger charge is 2.11. The first kappa shape index (κ1) is 16.7. The number of unbranched alkanes of at least 4 members (excludes halogenated alkanes) is 1. The molecule has 1 rings (SSSR count). The topological polar surface area (TPSA) is 44.1 Å². The molecule has 0 bridgehead atoms. The lowest BCUT2D eigenvalue weighted by atomic mass is 10.1. The van der Waals surface area contributed by atoms with Crippen molar-refractivity contribution in [1.82, 2.24) is 4.90 Å². The van der Waals surface area contributed by atoms with Gasteiger partial charge in [-0.05, 0) is 43.4 Å². The average Bonchev–Trinajstić information content (AvgIpc) is 2.45. The Morgan fingerprint density at radius 3 is 2.60 bits per heavy atom. The fourth-order valence-electron chi connectivity index (χ4n) is 2.06. The molecule has 0 spiro atoms. The van der Waals surface area contributed by atoms with E-state index in [2.05, 4.69) is 34.1 Å². The molecular weight excluding hydrogens is 316 g/mol. The van der Waals surface area contributed by atoms with Crippen LogP contribution in [0.15, 0.2) is 28.7 Å². The van der Waals surface area contributed by atoms with Gasteiger partial charge in [0.25, 0.3) is 0 Å². The minimum atomic E-state index is 0.101. The number of nitriles is 1. The first-order chi connectivity index (χ1) is 9.67. The zero-order chi connectivity index (χ0) is 14.8. The fourth-order valence-corrected chi connectivity index (χ4v) is 2.33. The zero-order valence-corrected chi connectivity index (χ0v) is 13.5. The van der Waals surface area contributed by atoms with Crippen LogP contribution in [0.25, 0.3) is 0 Å². The van der Waals surface area contributed by atoms with Crippen molar-refractivity contribution in [1.29, 1.82) is 5.26 Å². The van der Waals surface area contributed by atoms with Crippen LogP contribution >= 0.6 is 15.9 Å². The number of carbonyl (C=O) groups is 1. The standard InChI is InChI=1S/C16H21BrN2O/c1-2-12-19(13-11-18)16(20)6-4-3-5-14-7-9-15(17)10-8-14/h7-10H,2-6,12-13H2,1H3. The van der Waals surface area contributed by atoms with E-state index in [0.717, 1.165) is 30.2 Å². The maximum absolute atomic E-state index is 11.9. The van der Waals surface area contributed by atoms with Crippen LogP contribution in [0.2, 0.25) is 0 Å². The second-order valence-electron chi connectivity index (χ2n) is 4.81. The van der Waals surface area contributed by atoms with E-state index in [1.165, 1.54) is 5.56 Å². The number of nitrogens with zero attached hydrogens (tertiary/aromatic N) is 2. The van der Waals surface area contributed by atoms with Crippen molar-refractivity contribution in [2.75, 3.05) is 13.1 Å². The molecule has 0 fully saturated rings. The highest BCUT2D eigenvalue weighted by molar-refractivity contribution is 9.10. The third kappa shape index (κ3) is 6.21. The average molecular weight is 337 g/mol. The van der Waals surface area contributed by atoms with Gasteiger partial charge in [0.15, 0.2) is 0 Å². The Morgan fingerprint density at radius 1 is 1.30 bits per heavy atom. The lowest BCUT2D eigenvalue weighted by Crippen LogP contribution is -2.31. The molecule has 0 N–H and O–H groups in total. The quantitative estimate of drug-likeness (QED) is 0.533. The summed E-state index contributed by atoms with van der Waals surface area (Å²) < 4.78 is 1.09. The summed E-state index contributed by atoms with van der Waals surface area (Å²) in [5, 5.41) is 8.71. The second kappa shape index (κ2) is 9.55. The third-order valence-corrected chi connectivity index (χ3v) is 3.66. The number of hydrogen-bond acceptors (Lipinski definition) is 2. The molecule has 0 radical (unpaired) electrons. The number of hydrogen-bond donors (Lipinski definition) is 0. The van der Waals surface area contributed by atoms with Crippen LogP contribution in [-0.2, 0) is 11.2 Å². The van der Waals surface area contributed by atoms with Crippen LogP contribution in [0.1, 0.15) is 38.2 Å². The normalized spacial score (nSPS) is 10.1. The molecule has 108 valence electrons. The molecule has 0 aliphatic heterocycles. The summed E-state index contributed by atoms with van der Waals surface area (Å²) in [6.45, 7) is 2.91. The molecule has 0 unspecified atom stereocenters. The van der Waals surface area contributed by atoms with Crippen LogP contribution in [0.4, 0.5) is 0 Å². The Morgan fingerprint density at radius 2 is 2.00 bits per heavy atom. The van der Waals surface area contributed by atoms with Crippen molar-refractivity contribution < 1.29 is 4.79 Å². The first-order valence-electron chi connectivity index (χ1n) is 7.06. The number of amides is 1. The van der Waals surface area contributed by atoms with E-state index in [0.29, 0.717) is 13.0 Å². The van der Waals surface area contributed by atoms with Gasteiger partial charge < -0.3 is 4.90 Å². The van der Waals surface area contributed by atoms with Crippen LogP contribution < -0.4 is 0 Å². The molecule has 1 aromatic rings. The Labute approximate surface area is 129 Å². The Balaban J connectivity index is 2.27. The van der Waals surface area contributed by atoms with E-state index in [4.69, 9.17) is 5.26 Å². The van der Waals surface area contributed by atoms with E-state index in [-0.39, 0.29) is 12.5 Å². The molecule has 3 nitrogen and oxygen atoms in total. The van der Waals surface area contributed by atoms with Crippen molar-refractivity contribution in [3.05, 3.63) is 34.3 Å². The van der Waals surface area contributed by atoms with Crippen molar-refractivity contribution in [3.8, 4) is 6.07 Å². The Hall–Kier alpha value is -1.34. The lowest BCUT2D eigenvalue weighted by Gasteiger charge is -2.18. The van der Waals surface area contributed by atoms with Crippen molar-refractivity contribution in [3.63, 3.8) is 0 Å². The summed E-state index contributed by atoms with van der Waals surface area (Å²) >= 11 is 3.42. The molecule has 1 aromatic carbocycles. The molecule has 4 heteroatoms. The van der Waals surface area contributed by atoms with Crippen molar-refractivity contribution >= 4 is 21.8 Å². The fraction of sp³-hybridized carbons (Fsp3) is 0.500. The number of carbonyl (C=O) groups excluding carboxylic acids is 1. The van der Waals surface area contributed by atoms with E-state index >= 15 is 0 Å². The molecule has 0 atom stereocenters. The number of aryl methyl sites for hydroxylation is 1. The van der Waals surface area contributed by atoms with Crippen LogP contribution in [0, 0.1) is 11.3 Å². The summed E-state index contributed by atoms with van der Waals surface area (Å²) in [6.07, 6.45) is 4.30. The maximum Gasteiger partial charge on any atom is 0.223 e. The molecule has 1 amide bonds. The lowest BCUT2D eigenvalue weighted by molar-refractivity contribution is -0.130. The van der Waals surface area contributed by atoms with Crippen LogP contribution in [0.5, 0.6) is 0 Å². The number of rotatable bonds is 8. The van der Waals surface area contributed by atoms with Gasteiger partial charge in [0.2, 0.25) is 5.91 Å². The Bertz CT molecular complexity index is 451. The van der Waals surface area contributed by atoms with Gasteiger partial charge in [-0.3, -0.25) is 4.79 Å². The predicted octanol–water partition coefficient (Wildman–Crippen LogP) is 3.92.